The number of nitrogens with one attached hydrogen (secondary N) is 1. The van der Waals surface area contributed by atoms with Gasteiger partial charge in [0.05, 0.1) is 5.69 Å². The summed E-state index contributed by atoms with van der Waals surface area (Å²) in [7, 11) is 0. The minimum absolute atomic E-state index is 0.173. The normalized spacial score (nSPS) is 10.2. The molecule has 2 aromatic rings. The van der Waals surface area contributed by atoms with Crippen LogP contribution in [0.5, 0.6) is 0 Å². The summed E-state index contributed by atoms with van der Waals surface area (Å²) in [5.74, 6) is -1.83. The molecule has 3 nitrogen and oxygen atoms in total. The van der Waals surface area contributed by atoms with Gasteiger partial charge in [-0.05, 0) is 30.7 Å². The lowest BCUT2D eigenvalue weighted by molar-refractivity contribution is 0.102. The van der Waals surface area contributed by atoms with Crippen molar-refractivity contribution in [2.45, 2.75) is 6.92 Å². The molecule has 0 unspecified atom stereocenters. The zero-order valence-electron chi connectivity index (χ0n) is 11.1. The van der Waals surface area contributed by atoms with Crippen LogP contribution < -0.4 is 11.1 Å². The second kappa shape index (κ2) is 5.97. The molecule has 0 aliphatic carbocycles. The van der Waals surface area contributed by atoms with E-state index >= 15 is 0 Å². The summed E-state index contributed by atoms with van der Waals surface area (Å²) in [5.41, 5.74) is 6.33. The summed E-state index contributed by atoms with van der Waals surface area (Å²) in [4.78, 5) is 12.2. The van der Waals surface area contributed by atoms with Crippen LogP contribution in [0.25, 0.3) is 0 Å². The Morgan fingerprint density at radius 1 is 1.10 bits per heavy atom. The number of thiocarbonyl (C=S) groups is 1. The molecule has 2 rings (SSSR count). The fourth-order valence-electron chi connectivity index (χ4n) is 1.72. The number of hydrogen-bond acceptors (Lipinski definition) is 2. The van der Waals surface area contributed by atoms with Gasteiger partial charge in [-0.3, -0.25) is 4.79 Å². The van der Waals surface area contributed by atoms with Crippen molar-refractivity contribution in [2.24, 2.45) is 5.73 Å². The van der Waals surface area contributed by atoms with E-state index in [9.17, 15) is 13.6 Å². The third-order valence-corrected chi connectivity index (χ3v) is 3.16. The maximum atomic E-state index is 13.7. The Labute approximate surface area is 125 Å². The summed E-state index contributed by atoms with van der Waals surface area (Å²) in [6.45, 7) is 1.44. The Hall–Kier alpha value is -2.34. The molecule has 1 amide bonds. The highest BCUT2D eigenvalue weighted by atomic mass is 32.1. The number of hydrogen-bond donors (Lipinski definition) is 2. The smallest absolute Gasteiger partial charge is 0.255 e. The zero-order valence-corrected chi connectivity index (χ0v) is 11.9. The van der Waals surface area contributed by atoms with Crippen molar-refractivity contribution in [2.75, 3.05) is 5.32 Å². The van der Waals surface area contributed by atoms with Crippen molar-refractivity contribution in [3.05, 3.63) is 64.7 Å². The number of rotatable bonds is 3. The van der Waals surface area contributed by atoms with E-state index in [2.05, 4.69) is 5.32 Å². The number of benzene rings is 2. The fourth-order valence-corrected chi connectivity index (χ4v) is 1.86. The maximum absolute atomic E-state index is 13.7. The molecule has 0 saturated carbocycles. The van der Waals surface area contributed by atoms with Gasteiger partial charge in [-0.15, -0.1) is 0 Å². The van der Waals surface area contributed by atoms with Crippen molar-refractivity contribution < 1.29 is 13.6 Å². The first-order valence-electron chi connectivity index (χ1n) is 6.05. The molecule has 0 heterocycles. The van der Waals surface area contributed by atoms with Crippen molar-refractivity contribution in [1.82, 2.24) is 0 Å². The van der Waals surface area contributed by atoms with Gasteiger partial charge in [0.2, 0.25) is 0 Å². The Bertz CT molecular complexity index is 714. The molecule has 0 radical (unpaired) electrons. The van der Waals surface area contributed by atoms with Gasteiger partial charge in [0.15, 0.2) is 0 Å². The van der Waals surface area contributed by atoms with Crippen LogP contribution in [0, 0.1) is 18.6 Å². The van der Waals surface area contributed by atoms with Crippen LogP contribution >= 0.6 is 12.2 Å². The molecular formula is C15H12F2N2OS. The Morgan fingerprint density at radius 3 is 2.24 bits per heavy atom. The average Bonchev–Trinajstić information content (AvgIpc) is 2.44. The molecule has 21 heavy (non-hydrogen) atoms. The van der Waals surface area contributed by atoms with Crippen LogP contribution in [0.2, 0.25) is 0 Å². The molecule has 0 aliphatic rings. The quantitative estimate of drug-likeness (QED) is 0.857. The molecule has 3 N–H and O–H groups in total. The monoisotopic (exact) mass is 306 g/mol. The Balaban J connectivity index is 2.22. The van der Waals surface area contributed by atoms with Gasteiger partial charge in [0.25, 0.3) is 5.91 Å². The molecule has 0 aliphatic heterocycles. The lowest BCUT2D eigenvalue weighted by Gasteiger charge is -2.08. The molecule has 2 aromatic carbocycles. The van der Waals surface area contributed by atoms with Crippen LogP contribution in [0.4, 0.5) is 14.5 Å². The van der Waals surface area contributed by atoms with Crippen molar-refractivity contribution in [1.29, 1.82) is 0 Å². The fraction of sp³-hybridized carbons (Fsp3) is 0.0667. The number of anilines is 1. The lowest BCUT2D eigenvalue weighted by Crippen LogP contribution is -2.14. The van der Waals surface area contributed by atoms with E-state index in [1.807, 2.05) is 0 Å². The van der Waals surface area contributed by atoms with Gasteiger partial charge in [-0.1, -0.05) is 24.4 Å². The van der Waals surface area contributed by atoms with E-state index in [4.69, 9.17) is 18.0 Å². The maximum Gasteiger partial charge on any atom is 0.255 e. The third-order valence-electron chi connectivity index (χ3n) is 2.93. The van der Waals surface area contributed by atoms with Gasteiger partial charge >= 0.3 is 0 Å². The summed E-state index contributed by atoms with van der Waals surface area (Å²) >= 11 is 4.81. The SMILES string of the molecule is Cc1cc(F)c(NC(=O)c2ccc(C(N)=S)cc2)cc1F. The third kappa shape index (κ3) is 3.41. The molecule has 0 saturated heterocycles. The van der Waals surface area contributed by atoms with Gasteiger partial charge in [-0.25, -0.2) is 8.78 Å². The van der Waals surface area contributed by atoms with E-state index in [0.29, 0.717) is 5.56 Å². The minimum atomic E-state index is -0.693. The second-order valence-corrected chi connectivity index (χ2v) is 4.92. The minimum Gasteiger partial charge on any atom is -0.389 e. The highest BCUT2D eigenvalue weighted by Gasteiger charge is 2.12. The van der Waals surface area contributed by atoms with Crippen LogP contribution in [0.15, 0.2) is 36.4 Å². The number of carbonyl (C=O) groups is 1. The highest BCUT2D eigenvalue weighted by molar-refractivity contribution is 7.80. The van der Waals surface area contributed by atoms with Crippen LogP contribution in [-0.2, 0) is 0 Å². The lowest BCUT2D eigenvalue weighted by atomic mass is 10.1. The van der Waals surface area contributed by atoms with E-state index in [-0.39, 0.29) is 21.8 Å². The molecule has 0 bridgehead atoms. The van der Waals surface area contributed by atoms with Crippen LogP contribution in [-0.4, -0.2) is 10.9 Å². The molecule has 0 fully saturated rings. The first-order chi connectivity index (χ1) is 9.88. The topological polar surface area (TPSA) is 55.1 Å². The summed E-state index contributed by atoms with van der Waals surface area (Å²) < 4.78 is 27.1. The standard InChI is InChI=1S/C15H12F2N2OS/c1-8-6-12(17)13(7-11(8)16)19-15(20)10-4-2-9(3-5-10)14(18)21/h2-7H,1H3,(H2,18,21)(H,19,20). The van der Waals surface area contributed by atoms with Crippen molar-refractivity contribution >= 4 is 28.8 Å². The Morgan fingerprint density at radius 2 is 1.67 bits per heavy atom. The van der Waals surface area contributed by atoms with E-state index < -0.39 is 17.5 Å². The number of nitrogens with two attached hydrogens (primary N) is 1. The predicted molar refractivity (Wildman–Crippen MR) is 81.4 cm³/mol. The number of carbonyl (C=O) groups excluding carboxylic acids is 1. The molecule has 0 spiro atoms. The number of amides is 1. The van der Waals surface area contributed by atoms with Crippen LogP contribution in [0.1, 0.15) is 21.5 Å². The van der Waals surface area contributed by atoms with Crippen molar-refractivity contribution in [3.63, 3.8) is 0 Å². The predicted octanol–water partition coefficient (Wildman–Crippen LogP) is 3.16. The van der Waals surface area contributed by atoms with E-state index in [1.165, 1.54) is 19.1 Å². The molecule has 0 atom stereocenters. The summed E-state index contributed by atoms with van der Waals surface area (Å²) in [5, 5.41) is 2.33. The largest absolute Gasteiger partial charge is 0.389 e. The second-order valence-electron chi connectivity index (χ2n) is 4.48. The van der Waals surface area contributed by atoms with Gasteiger partial charge in [0.1, 0.15) is 16.6 Å². The van der Waals surface area contributed by atoms with Gasteiger partial charge < -0.3 is 11.1 Å². The van der Waals surface area contributed by atoms with E-state index in [0.717, 1.165) is 12.1 Å². The number of halogens is 2. The first kappa shape index (κ1) is 15.1. The zero-order chi connectivity index (χ0) is 15.6. The first-order valence-corrected chi connectivity index (χ1v) is 6.46. The van der Waals surface area contributed by atoms with Crippen molar-refractivity contribution in [3.8, 4) is 0 Å². The van der Waals surface area contributed by atoms with E-state index in [1.54, 1.807) is 12.1 Å². The van der Waals surface area contributed by atoms with Gasteiger partial charge in [-0.2, -0.15) is 0 Å². The molecular weight excluding hydrogens is 294 g/mol. The molecule has 0 aromatic heterocycles. The summed E-state index contributed by atoms with van der Waals surface area (Å²) in [6, 6.07) is 8.16. The summed E-state index contributed by atoms with van der Waals surface area (Å²) in [6.07, 6.45) is 0. The average molecular weight is 306 g/mol. The molecule has 108 valence electrons. The van der Waals surface area contributed by atoms with Gasteiger partial charge in [0, 0.05) is 17.2 Å². The Kier molecular flexibility index (Phi) is 4.28. The molecule has 6 heteroatoms. The van der Waals surface area contributed by atoms with Crippen LogP contribution in [0.3, 0.4) is 0 Å². The number of aryl methyl sites for hydroxylation is 1. The highest BCUT2D eigenvalue weighted by Crippen LogP contribution is 2.19.